The van der Waals surface area contributed by atoms with Crippen LogP contribution in [-0.2, 0) is 23.2 Å². The summed E-state index contributed by atoms with van der Waals surface area (Å²) in [6.07, 6.45) is 20.2. The van der Waals surface area contributed by atoms with Crippen LogP contribution in [0.25, 0.3) is 0 Å². The molecule has 0 fully saturated rings. The summed E-state index contributed by atoms with van der Waals surface area (Å²) >= 11 is -0.463. The molecule has 0 nitrogen and oxygen atoms in total. The molecule has 0 unspecified atom stereocenters. The summed E-state index contributed by atoms with van der Waals surface area (Å²) in [4.78, 5) is 0. The van der Waals surface area contributed by atoms with E-state index in [9.17, 15) is 0 Å². The molecule has 0 saturated heterocycles. The van der Waals surface area contributed by atoms with Gasteiger partial charge in [-0.25, -0.2) is 0 Å². The van der Waals surface area contributed by atoms with Crippen molar-refractivity contribution in [1.82, 2.24) is 0 Å². The van der Waals surface area contributed by atoms with Crippen molar-refractivity contribution in [2.24, 2.45) is 0 Å². The smallest absolute Gasteiger partial charge is 0.147 e. The van der Waals surface area contributed by atoms with Crippen LogP contribution in [0.5, 0.6) is 0 Å². The van der Waals surface area contributed by atoms with Crippen LogP contribution in [0.1, 0.15) is 65.2 Å². The van der Waals surface area contributed by atoms with E-state index in [1.807, 2.05) is 6.56 Å². The summed E-state index contributed by atoms with van der Waals surface area (Å²) in [7, 11) is 0. The predicted octanol–water partition coefficient (Wildman–Crippen LogP) is 6.72. The Bertz CT molecular complexity index is 390. The zero-order valence-electron chi connectivity index (χ0n) is 13.3. The van der Waals surface area contributed by atoms with Gasteiger partial charge in [0, 0.05) is 0 Å². The number of unbranched alkanes of at least 4 members (excludes halogenated alkanes) is 2. The van der Waals surface area contributed by atoms with Crippen LogP contribution in [0.2, 0.25) is 0 Å². The van der Waals surface area contributed by atoms with E-state index in [0.717, 1.165) is 0 Å². The fourth-order valence-corrected chi connectivity index (χ4v) is 6.54. The Morgan fingerprint density at radius 2 is 1.24 bits per heavy atom. The topological polar surface area (TPSA) is 0 Å². The number of allylic oxidation sites excluding steroid dienone is 8. The molecule has 2 rings (SSSR count). The fourth-order valence-electron chi connectivity index (χ4n) is 2.75. The van der Waals surface area contributed by atoms with Crippen LogP contribution in [0, 0.1) is 0 Å². The van der Waals surface area contributed by atoms with E-state index in [0.29, 0.717) is 0 Å². The summed E-state index contributed by atoms with van der Waals surface area (Å²) in [5.41, 5.74) is 3.42. The molecule has 2 aliphatic rings. The molecule has 2 aliphatic carbocycles. The molecule has 0 aromatic carbocycles. The van der Waals surface area contributed by atoms with Gasteiger partial charge >= 0.3 is 130 Å². The SMILES string of the molecule is CCCCC1=[C]([Zr][C]2=C(CCCC)C=CC2)CC=C1.Cl.Cl. The molecule has 0 bridgehead atoms. The van der Waals surface area contributed by atoms with Gasteiger partial charge in [-0.2, -0.15) is 0 Å². The van der Waals surface area contributed by atoms with Crippen molar-refractivity contribution >= 4 is 24.8 Å². The molecule has 0 spiro atoms. The van der Waals surface area contributed by atoms with Crippen LogP contribution in [0.15, 0.2) is 42.0 Å². The van der Waals surface area contributed by atoms with Gasteiger partial charge in [0.15, 0.2) is 0 Å². The Kier molecular flexibility index (Phi) is 12.2. The molecular weight excluding hydrogens is 378 g/mol. The van der Waals surface area contributed by atoms with Gasteiger partial charge in [0.05, 0.1) is 0 Å². The first-order valence-corrected chi connectivity index (χ1v) is 10.3. The molecule has 0 atom stereocenters. The molecular formula is C18H28Cl2Zr. The summed E-state index contributed by atoms with van der Waals surface area (Å²) in [6.45, 7) is 4.59. The average molecular weight is 407 g/mol. The van der Waals surface area contributed by atoms with Crippen molar-refractivity contribution < 1.29 is 23.2 Å². The van der Waals surface area contributed by atoms with E-state index < -0.39 is 23.2 Å². The van der Waals surface area contributed by atoms with Crippen molar-refractivity contribution in [2.45, 2.75) is 65.2 Å². The Hall–Kier alpha value is 0.423. The molecule has 0 amide bonds. The quantitative estimate of drug-likeness (QED) is 0.420. The average Bonchev–Trinajstić information content (AvgIpc) is 3.04. The second kappa shape index (κ2) is 11.9. The number of halogens is 2. The van der Waals surface area contributed by atoms with Gasteiger partial charge in [0.1, 0.15) is 0 Å². The molecule has 0 aromatic rings. The minimum Gasteiger partial charge on any atom is -0.147 e. The minimum atomic E-state index is -0.463. The monoisotopic (exact) mass is 404 g/mol. The van der Waals surface area contributed by atoms with Crippen LogP contribution in [-0.4, -0.2) is 0 Å². The van der Waals surface area contributed by atoms with Crippen molar-refractivity contribution in [1.29, 1.82) is 0 Å². The number of hydrogen-bond acceptors (Lipinski definition) is 0. The van der Waals surface area contributed by atoms with Crippen molar-refractivity contribution in [3.05, 3.63) is 42.0 Å². The second-order valence-corrected chi connectivity index (χ2v) is 9.13. The van der Waals surface area contributed by atoms with Gasteiger partial charge in [-0.1, -0.05) is 0 Å². The van der Waals surface area contributed by atoms with Crippen molar-refractivity contribution in [2.75, 3.05) is 0 Å². The molecule has 118 valence electrons. The van der Waals surface area contributed by atoms with Gasteiger partial charge in [-0.3, -0.25) is 0 Å². The zero-order chi connectivity index (χ0) is 13.5. The molecule has 0 aliphatic heterocycles. The third kappa shape index (κ3) is 6.59. The van der Waals surface area contributed by atoms with Crippen LogP contribution in [0.3, 0.4) is 0 Å². The molecule has 0 saturated carbocycles. The number of rotatable bonds is 8. The summed E-state index contributed by atoms with van der Waals surface area (Å²) < 4.78 is 3.73. The maximum atomic E-state index is 2.42. The van der Waals surface area contributed by atoms with E-state index in [-0.39, 0.29) is 24.8 Å². The maximum absolute atomic E-state index is 2.42. The van der Waals surface area contributed by atoms with Gasteiger partial charge < -0.3 is 0 Å². The Morgan fingerprint density at radius 3 is 1.62 bits per heavy atom. The standard InChI is InChI=1S/2C9H13.2ClH.Zr/c2*1-2-3-6-9-7-4-5-8-9;;;/h2*4,7H,2-3,5-6H2,1H3;2*1H;. The van der Waals surface area contributed by atoms with Gasteiger partial charge in [-0.05, 0) is 0 Å². The largest absolute Gasteiger partial charge is 0.147 e. The summed E-state index contributed by atoms with van der Waals surface area (Å²) in [5, 5.41) is 0. The van der Waals surface area contributed by atoms with Gasteiger partial charge in [0.25, 0.3) is 0 Å². The fraction of sp³-hybridized carbons (Fsp3) is 0.556. The first kappa shape index (κ1) is 21.4. The number of hydrogen-bond donors (Lipinski definition) is 0. The van der Waals surface area contributed by atoms with Crippen LogP contribution in [0.4, 0.5) is 0 Å². The molecule has 0 N–H and O–H groups in total. The van der Waals surface area contributed by atoms with Crippen LogP contribution >= 0.6 is 24.8 Å². The first-order valence-electron chi connectivity index (χ1n) is 7.89. The molecule has 0 aromatic heterocycles. The van der Waals surface area contributed by atoms with Gasteiger partial charge in [-0.15, -0.1) is 24.8 Å². The molecule has 0 heterocycles. The first-order chi connectivity index (χ1) is 9.35. The third-order valence-electron chi connectivity index (χ3n) is 3.96. The van der Waals surface area contributed by atoms with E-state index in [1.54, 1.807) is 11.1 Å². The Labute approximate surface area is 154 Å². The summed E-state index contributed by atoms with van der Waals surface area (Å²) in [6, 6.07) is 0. The molecule has 0 radical (unpaired) electrons. The van der Waals surface area contributed by atoms with E-state index in [2.05, 4.69) is 38.2 Å². The Morgan fingerprint density at radius 1 is 0.810 bits per heavy atom. The minimum absolute atomic E-state index is 0. The molecule has 3 heteroatoms. The van der Waals surface area contributed by atoms with E-state index in [4.69, 9.17) is 0 Å². The summed E-state index contributed by atoms with van der Waals surface area (Å²) in [5.74, 6) is 0. The molecule has 21 heavy (non-hydrogen) atoms. The van der Waals surface area contributed by atoms with Crippen molar-refractivity contribution in [3.63, 3.8) is 0 Å². The zero-order valence-corrected chi connectivity index (χ0v) is 17.4. The van der Waals surface area contributed by atoms with E-state index in [1.165, 1.54) is 51.4 Å². The predicted molar refractivity (Wildman–Crippen MR) is 95.1 cm³/mol. The third-order valence-corrected chi connectivity index (χ3v) is 8.02. The van der Waals surface area contributed by atoms with Crippen LogP contribution < -0.4 is 0 Å². The second-order valence-electron chi connectivity index (χ2n) is 5.55. The normalized spacial score (nSPS) is 16.3. The van der Waals surface area contributed by atoms with Gasteiger partial charge in [0.2, 0.25) is 0 Å². The van der Waals surface area contributed by atoms with E-state index >= 15 is 0 Å². The van der Waals surface area contributed by atoms with Crippen molar-refractivity contribution in [3.8, 4) is 0 Å². The Balaban J connectivity index is 0.00000200. The maximum Gasteiger partial charge on any atom is -0.147 e.